The second kappa shape index (κ2) is 10.5. The van der Waals surface area contributed by atoms with E-state index in [0.29, 0.717) is 18.5 Å². The zero-order chi connectivity index (χ0) is 19.8. The maximum Gasteiger partial charge on any atom is 0.242 e. The first-order valence-corrected chi connectivity index (χ1v) is 10.7. The summed E-state index contributed by atoms with van der Waals surface area (Å²) in [5, 5.41) is 6.54. The van der Waals surface area contributed by atoms with E-state index in [4.69, 9.17) is 0 Å². The lowest BCUT2D eigenvalue weighted by molar-refractivity contribution is -0.130. The van der Waals surface area contributed by atoms with Crippen LogP contribution in [0.4, 0.5) is 0 Å². The fourth-order valence-electron chi connectivity index (χ4n) is 4.33. The molecular weight excluding hydrogens is 350 g/mol. The topological polar surface area (TPSA) is 60.0 Å². The first-order chi connectivity index (χ1) is 13.7. The van der Waals surface area contributed by atoms with E-state index >= 15 is 0 Å². The smallest absolute Gasteiger partial charge is 0.242 e. The lowest BCUT2D eigenvalue weighted by Gasteiger charge is -2.35. The van der Waals surface area contributed by atoms with E-state index in [-0.39, 0.29) is 12.5 Å². The Balaban J connectivity index is 1.40. The molecule has 0 spiro atoms. The van der Waals surface area contributed by atoms with Crippen molar-refractivity contribution in [2.45, 2.75) is 51.6 Å². The van der Waals surface area contributed by atoms with E-state index in [0.717, 1.165) is 26.1 Å². The lowest BCUT2D eigenvalue weighted by Crippen LogP contribution is -2.48. The van der Waals surface area contributed by atoms with Crippen LogP contribution >= 0.6 is 0 Å². The molecule has 0 radical (unpaired) electrons. The van der Waals surface area contributed by atoms with Gasteiger partial charge in [-0.05, 0) is 43.4 Å². The Kier molecular flexibility index (Phi) is 7.71. The highest BCUT2D eigenvalue weighted by Crippen LogP contribution is 2.19. The van der Waals surface area contributed by atoms with Crippen LogP contribution in [-0.2, 0) is 17.8 Å². The van der Waals surface area contributed by atoms with E-state index in [1.54, 1.807) is 7.05 Å². The first-order valence-electron chi connectivity index (χ1n) is 10.7. The summed E-state index contributed by atoms with van der Waals surface area (Å²) in [6.45, 7) is 7.12. The van der Waals surface area contributed by atoms with Crippen molar-refractivity contribution in [3.63, 3.8) is 0 Å². The number of carbonyl (C=O) groups is 1. The number of nitrogens with zero attached hydrogens (tertiary/aromatic N) is 3. The zero-order valence-electron chi connectivity index (χ0n) is 17.4. The van der Waals surface area contributed by atoms with Crippen LogP contribution in [0.15, 0.2) is 29.3 Å². The van der Waals surface area contributed by atoms with Crippen molar-refractivity contribution in [2.75, 3.05) is 39.8 Å². The fourth-order valence-corrected chi connectivity index (χ4v) is 4.33. The molecule has 0 aromatic heterocycles. The molecule has 1 amide bonds. The molecule has 1 aromatic rings. The minimum atomic E-state index is 0.125. The van der Waals surface area contributed by atoms with E-state index in [1.807, 2.05) is 11.0 Å². The molecule has 1 fully saturated rings. The number of rotatable bonds is 6. The van der Waals surface area contributed by atoms with Gasteiger partial charge in [-0.2, -0.15) is 0 Å². The van der Waals surface area contributed by atoms with Crippen molar-refractivity contribution < 1.29 is 4.79 Å². The molecule has 2 aliphatic rings. The van der Waals surface area contributed by atoms with Crippen LogP contribution in [0.25, 0.3) is 0 Å². The molecule has 6 heteroatoms. The van der Waals surface area contributed by atoms with Gasteiger partial charge in [0.1, 0.15) is 0 Å². The number of amides is 1. The predicted octanol–water partition coefficient (Wildman–Crippen LogP) is 2.00. The molecule has 1 aromatic carbocycles. The second-order valence-electron chi connectivity index (χ2n) is 7.78. The van der Waals surface area contributed by atoms with Crippen LogP contribution in [0.5, 0.6) is 0 Å². The maximum atomic E-state index is 12.6. The van der Waals surface area contributed by atoms with Crippen LogP contribution in [0.2, 0.25) is 0 Å². The molecule has 0 aliphatic carbocycles. The number of piperidine rings is 1. The Labute approximate surface area is 169 Å². The first kappa shape index (κ1) is 20.6. The van der Waals surface area contributed by atoms with Gasteiger partial charge in [0.05, 0.1) is 6.54 Å². The number of hydrogen-bond donors (Lipinski definition) is 2. The third kappa shape index (κ3) is 5.47. The van der Waals surface area contributed by atoms with Gasteiger partial charge in [0.25, 0.3) is 0 Å². The second-order valence-corrected chi connectivity index (χ2v) is 7.78. The average Bonchev–Trinajstić information content (AvgIpc) is 2.75. The van der Waals surface area contributed by atoms with Gasteiger partial charge in [-0.25, -0.2) is 0 Å². The van der Waals surface area contributed by atoms with Gasteiger partial charge in [-0.15, -0.1) is 0 Å². The summed E-state index contributed by atoms with van der Waals surface area (Å²) in [4.78, 5) is 21.4. The molecule has 0 bridgehead atoms. The monoisotopic (exact) mass is 385 g/mol. The van der Waals surface area contributed by atoms with E-state index in [9.17, 15) is 4.79 Å². The number of carbonyl (C=O) groups excluding carboxylic acids is 1. The van der Waals surface area contributed by atoms with Crippen molar-refractivity contribution in [1.29, 1.82) is 0 Å². The number of guanidine groups is 1. The summed E-state index contributed by atoms with van der Waals surface area (Å²) in [6, 6.07) is 9.11. The van der Waals surface area contributed by atoms with Crippen molar-refractivity contribution in [2.24, 2.45) is 4.99 Å². The third-order valence-corrected chi connectivity index (χ3v) is 6.03. The van der Waals surface area contributed by atoms with Gasteiger partial charge < -0.3 is 15.5 Å². The molecule has 6 nitrogen and oxygen atoms in total. The quantitative estimate of drug-likeness (QED) is 0.581. The molecular formula is C22H35N5O. The lowest BCUT2D eigenvalue weighted by atomic mass is 10.00. The Morgan fingerprint density at radius 1 is 1.18 bits per heavy atom. The van der Waals surface area contributed by atoms with E-state index in [2.05, 4.69) is 45.6 Å². The highest BCUT2D eigenvalue weighted by molar-refractivity contribution is 5.86. The molecule has 1 saturated heterocycles. The van der Waals surface area contributed by atoms with Crippen molar-refractivity contribution >= 4 is 11.9 Å². The summed E-state index contributed by atoms with van der Waals surface area (Å²) >= 11 is 0. The van der Waals surface area contributed by atoms with Gasteiger partial charge in [-0.3, -0.25) is 14.7 Å². The van der Waals surface area contributed by atoms with Crippen LogP contribution in [0.1, 0.15) is 43.7 Å². The predicted molar refractivity (Wildman–Crippen MR) is 114 cm³/mol. The van der Waals surface area contributed by atoms with Crippen LogP contribution < -0.4 is 10.6 Å². The van der Waals surface area contributed by atoms with Crippen molar-refractivity contribution in [3.8, 4) is 0 Å². The summed E-state index contributed by atoms with van der Waals surface area (Å²) in [7, 11) is 1.76. The molecule has 0 saturated carbocycles. The molecule has 3 rings (SSSR count). The fraction of sp³-hybridized carbons (Fsp3) is 0.636. The molecule has 154 valence electrons. The van der Waals surface area contributed by atoms with Gasteiger partial charge in [0.2, 0.25) is 5.91 Å². The Hall–Kier alpha value is -2.08. The zero-order valence-corrected chi connectivity index (χ0v) is 17.4. The van der Waals surface area contributed by atoms with Crippen LogP contribution in [-0.4, -0.2) is 67.5 Å². The number of likely N-dealkylation sites (tertiary alicyclic amines) is 1. The molecule has 2 N–H and O–H groups in total. The minimum absolute atomic E-state index is 0.125. The summed E-state index contributed by atoms with van der Waals surface area (Å²) < 4.78 is 0. The molecule has 2 heterocycles. The summed E-state index contributed by atoms with van der Waals surface area (Å²) in [6.07, 6.45) is 6.13. The van der Waals surface area contributed by atoms with Crippen LogP contribution in [0, 0.1) is 0 Å². The third-order valence-electron chi connectivity index (χ3n) is 6.03. The largest absolute Gasteiger partial charge is 0.355 e. The Morgan fingerprint density at radius 2 is 2.00 bits per heavy atom. The van der Waals surface area contributed by atoms with Crippen LogP contribution in [0.3, 0.4) is 0 Å². The Morgan fingerprint density at radius 3 is 2.79 bits per heavy atom. The molecule has 28 heavy (non-hydrogen) atoms. The number of nitrogens with one attached hydrogen (secondary N) is 2. The average molecular weight is 386 g/mol. The number of hydrogen-bond acceptors (Lipinski definition) is 3. The van der Waals surface area contributed by atoms with Gasteiger partial charge in [0, 0.05) is 39.3 Å². The van der Waals surface area contributed by atoms with Gasteiger partial charge in [-0.1, -0.05) is 37.6 Å². The van der Waals surface area contributed by atoms with Gasteiger partial charge in [0.15, 0.2) is 5.96 Å². The normalized spacial score (nSPS) is 20.6. The number of benzene rings is 1. The minimum Gasteiger partial charge on any atom is -0.355 e. The van der Waals surface area contributed by atoms with Crippen molar-refractivity contribution in [3.05, 3.63) is 35.4 Å². The maximum absolute atomic E-state index is 12.6. The number of fused-ring (bicyclic) bond motifs is 1. The van der Waals surface area contributed by atoms with E-state index < -0.39 is 0 Å². The molecule has 2 aliphatic heterocycles. The SMILES string of the molecule is CCC1CCCCN1CCNC(=NC)NCC(=O)N1CCc2ccccc2C1. The van der Waals surface area contributed by atoms with E-state index in [1.165, 1.54) is 43.4 Å². The van der Waals surface area contributed by atoms with Gasteiger partial charge >= 0.3 is 0 Å². The highest BCUT2D eigenvalue weighted by Gasteiger charge is 2.21. The summed E-state index contributed by atoms with van der Waals surface area (Å²) in [5.41, 5.74) is 2.62. The molecule has 1 unspecified atom stereocenters. The Bertz CT molecular complexity index is 675. The summed E-state index contributed by atoms with van der Waals surface area (Å²) in [5.74, 6) is 0.829. The highest BCUT2D eigenvalue weighted by atomic mass is 16.2. The van der Waals surface area contributed by atoms with Crippen molar-refractivity contribution in [1.82, 2.24) is 20.4 Å². The standard InChI is InChI=1S/C22H35N5O/c1-3-20-10-6-7-13-26(20)15-12-24-22(23-2)25-16-21(28)27-14-11-18-8-4-5-9-19(18)17-27/h4-5,8-9,20H,3,6-7,10-17H2,1-2H3,(H2,23,24,25). The molecule has 1 atom stereocenters. The number of aliphatic imine (C=N–C) groups is 1.